The van der Waals surface area contributed by atoms with Crippen LogP contribution in [0.1, 0.15) is 29.9 Å². The smallest absolute Gasteiger partial charge is 0.169 e. The Morgan fingerprint density at radius 2 is 2.00 bits per heavy atom. The van der Waals surface area contributed by atoms with E-state index in [-0.39, 0.29) is 6.29 Å². The standard InChI is InChI=1S/C15H23NO2/c1-11-5-4-6-12(7-11)13-8-14(9-13)16-10-15(17-2)18-3/h4-7,13-16H,8-10H2,1-3H3. The van der Waals surface area contributed by atoms with Crippen LogP contribution in [0, 0.1) is 6.92 Å². The van der Waals surface area contributed by atoms with Crippen molar-refractivity contribution >= 4 is 0 Å². The number of benzene rings is 1. The lowest BCUT2D eigenvalue weighted by Crippen LogP contribution is -2.44. The van der Waals surface area contributed by atoms with Crippen molar-refractivity contribution in [1.82, 2.24) is 5.32 Å². The minimum Gasteiger partial charge on any atom is -0.355 e. The lowest BCUT2D eigenvalue weighted by Gasteiger charge is -2.37. The molecule has 0 aliphatic heterocycles. The number of methoxy groups -OCH3 is 2. The molecule has 0 atom stereocenters. The second-order valence-corrected chi connectivity index (χ2v) is 5.09. The third kappa shape index (κ3) is 3.31. The highest BCUT2D eigenvalue weighted by atomic mass is 16.7. The molecule has 0 aromatic heterocycles. The zero-order valence-electron chi connectivity index (χ0n) is 11.5. The van der Waals surface area contributed by atoms with Crippen LogP contribution < -0.4 is 5.32 Å². The molecule has 0 heterocycles. The van der Waals surface area contributed by atoms with E-state index in [1.54, 1.807) is 14.2 Å². The van der Waals surface area contributed by atoms with Gasteiger partial charge < -0.3 is 14.8 Å². The minimum absolute atomic E-state index is 0.136. The van der Waals surface area contributed by atoms with Gasteiger partial charge in [0.1, 0.15) is 0 Å². The summed E-state index contributed by atoms with van der Waals surface area (Å²) in [6.45, 7) is 2.91. The van der Waals surface area contributed by atoms with E-state index in [1.807, 2.05) is 0 Å². The number of aryl methyl sites for hydroxylation is 1. The molecule has 1 aliphatic carbocycles. The molecule has 1 aliphatic rings. The summed E-state index contributed by atoms with van der Waals surface area (Å²) in [4.78, 5) is 0. The molecule has 0 unspecified atom stereocenters. The van der Waals surface area contributed by atoms with Gasteiger partial charge in [-0.2, -0.15) is 0 Å². The first-order valence-electron chi connectivity index (χ1n) is 6.58. The first-order valence-corrected chi connectivity index (χ1v) is 6.58. The highest BCUT2D eigenvalue weighted by Gasteiger charge is 2.30. The highest BCUT2D eigenvalue weighted by Crippen LogP contribution is 2.36. The SMILES string of the molecule is COC(CNC1CC(c2cccc(C)c2)C1)OC. The maximum absolute atomic E-state index is 5.16. The van der Waals surface area contributed by atoms with E-state index in [9.17, 15) is 0 Å². The molecule has 1 N–H and O–H groups in total. The molecule has 0 radical (unpaired) electrons. The number of nitrogens with one attached hydrogen (secondary N) is 1. The molecular weight excluding hydrogens is 226 g/mol. The average molecular weight is 249 g/mol. The van der Waals surface area contributed by atoms with Gasteiger partial charge in [0.15, 0.2) is 6.29 Å². The van der Waals surface area contributed by atoms with Crippen molar-refractivity contribution in [2.24, 2.45) is 0 Å². The Labute approximate surface area is 109 Å². The van der Waals surface area contributed by atoms with E-state index >= 15 is 0 Å². The molecule has 18 heavy (non-hydrogen) atoms. The molecule has 1 aromatic carbocycles. The first kappa shape index (κ1) is 13.5. The molecule has 0 spiro atoms. The largest absolute Gasteiger partial charge is 0.355 e. The number of hydrogen-bond acceptors (Lipinski definition) is 3. The van der Waals surface area contributed by atoms with Gasteiger partial charge in [0.2, 0.25) is 0 Å². The fourth-order valence-corrected chi connectivity index (χ4v) is 2.51. The van der Waals surface area contributed by atoms with E-state index in [0.717, 1.165) is 6.54 Å². The van der Waals surface area contributed by atoms with Gasteiger partial charge in [0.05, 0.1) is 0 Å². The van der Waals surface area contributed by atoms with Crippen LogP contribution in [-0.2, 0) is 9.47 Å². The Bertz CT molecular complexity index is 371. The lowest BCUT2D eigenvalue weighted by molar-refractivity contribution is -0.101. The predicted octanol–water partition coefficient (Wildman–Crippen LogP) is 2.45. The number of ether oxygens (including phenoxy) is 2. The molecule has 1 fully saturated rings. The van der Waals surface area contributed by atoms with Gasteiger partial charge in [-0.1, -0.05) is 29.8 Å². The molecule has 1 aromatic rings. The number of hydrogen-bond donors (Lipinski definition) is 1. The van der Waals surface area contributed by atoms with Gasteiger partial charge in [-0.05, 0) is 31.2 Å². The molecule has 3 heteroatoms. The zero-order valence-corrected chi connectivity index (χ0v) is 11.5. The summed E-state index contributed by atoms with van der Waals surface area (Å²) in [6.07, 6.45) is 2.29. The van der Waals surface area contributed by atoms with Gasteiger partial charge in [0.25, 0.3) is 0 Å². The molecule has 1 saturated carbocycles. The Morgan fingerprint density at radius 1 is 1.28 bits per heavy atom. The lowest BCUT2D eigenvalue weighted by atomic mass is 9.75. The summed E-state index contributed by atoms with van der Waals surface area (Å²) in [7, 11) is 3.35. The summed E-state index contributed by atoms with van der Waals surface area (Å²) >= 11 is 0. The van der Waals surface area contributed by atoms with Crippen LogP contribution in [0.3, 0.4) is 0 Å². The van der Waals surface area contributed by atoms with E-state index < -0.39 is 0 Å². The summed E-state index contributed by atoms with van der Waals surface area (Å²) in [6, 6.07) is 9.44. The first-order chi connectivity index (χ1) is 8.72. The van der Waals surface area contributed by atoms with Crippen LogP contribution in [-0.4, -0.2) is 33.1 Å². The summed E-state index contributed by atoms with van der Waals surface area (Å²) in [5.41, 5.74) is 2.82. The second kappa shape index (κ2) is 6.32. The molecule has 100 valence electrons. The summed E-state index contributed by atoms with van der Waals surface area (Å²) in [5.74, 6) is 0.714. The normalized spacial score (nSPS) is 23.1. The van der Waals surface area contributed by atoms with E-state index in [1.165, 1.54) is 24.0 Å². The van der Waals surface area contributed by atoms with Crippen LogP contribution in [0.25, 0.3) is 0 Å². The van der Waals surface area contributed by atoms with Crippen molar-refractivity contribution < 1.29 is 9.47 Å². The molecular formula is C15H23NO2. The third-order valence-corrected chi connectivity index (χ3v) is 3.75. The topological polar surface area (TPSA) is 30.5 Å². The van der Waals surface area contributed by atoms with Crippen LogP contribution in [0.5, 0.6) is 0 Å². The van der Waals surface area contributed by atoms with Gasteiger partial charge >= 0.3 is 0 Å². The Kier molecular flexibility index (Phi) is 4.75. The Morgan fingerprint density at radius 3 is 2.61 bits per heavy atom. The van der Waals surface area contributed by atoms with E-state index in [0.29, 0.717) is 12.0 Å². The maximum Gasteiger partial charge on any atom is 0.169 e. The van der Waals surface area contributed by atoms with Gasteiger partial charge in [-0.25, -0.2) is 0 Å². The van der Waals surface area contributed by atoms with Crippen molar-refractivity contribution in [3.8, 4) is 0 Å². The fraction of sp³-hybridized carbons (Fsp3) is 0.600. The summed E-state index contributed by atoms with van der Waals surface area (Å²) in [5, 5.41) is 3.49. The molecule has 0 bridgehead atoms. The fourth-order valence-electron chi connectivity index (χ4n) is 2.51. The Balaban J connectivity index is 1.74. The summed E-state index contributed by atoms with van der Waals surface area (Å²) < 4.78 is 10.3. The maximum atomic E-state index is 5.16. The number of rotatable bonds is 6. The molecule has 2 rings (SSSR count). The molecule has 3 nitrogen and oxygen atoms in total. The predicted molar refractivity (Wildman–Crippen MR) is 72.8 cm³/mol. The van der Waals surface area contributed by atoms with E-state index in [2.05, 4.69) is 36.5 Å². The van der Waals surface area contributed by atoms with Crippen molar-refractivity contribution in [1.29, 1.82) is 0 Å². The van der Waals surface area contributed by atoms with Crippen LogP contribution in [0.15, 0.2) is 24.3 Å². The highest BCUT2D eigenvalue weighted by molar-refractivity contribution is 5.27. The van der Waals surface area contributed by atoms with Crippen molar-refractivity contribution in [2.75, 3.05) is 20.8 Å². The van der Waals surface area contributed by atoms with Crippen molar-refractivity contribution in [2.45, 2.75) is 38.0 Å². The molecule has 0 saturated heterocycles. The quantitative estimate of drug-likeness (QED) is 0.786. The van der Waals surface area contributed by atoms with Crippen molar-refractivity contribution in [3.63, 3.8) is 0 Å². The van der Waals surface area contributed by atoms with E-state index in [4.69, 9.17) is 9.47 Å². The average Bonchev–Trinajstić information content (AvgIpc) is 2.32. The minimum atomic E-state index is -0.136. The van der Waals surface area contributed by atoms with Crippen LogP contribution in [0.4, 0.5) is 0 Å². The third-order valence-electron chi connectivity index (χ3n) is 3.75. The van der Waals surface area contributed by atoms with Crippen molar-refractivity contribution in [3.05, 3.63) is 35.4 Å². The second-order valence-electron chi connectivity index (χ2n) is 5.09. The van der Waals surface area contributed by atoms with Crippen LogP contribution in [0.2, 0.25) is 0 Å². The molecule has 0 amide bonds. The Hall–Kier alpha value is -0.900. The van der Waals surface area contributed by atoms with Gasteiger partial charge in [-0.3, -0.25) is 0 Å². The van der Waals surface area contributed by atoms with Gasteiger partial charge in [-0.15, -0.1) is 0 Å². The van der Waals surface area contributed by atoms with Crippen LogP contribution >= 0.6 is 0 Å². The van der Waals surface area contributed by atoms with Gasteiger partial charge in [0, 0.05) is 26.8 Å². The zero-order chi connectivity index (χ0) is 13.0. The monoisotopic (exact) mass is 249 g/mol.